The van der Waals surface area contributed by atoms with Gasteiger partial charge in [0.15, 0.2) is 4.34 Å². The number of halogens is 1. The summed E-state index contributed by atoms with van der Waals surface area (Å²) in [5.74, 6) is 0.210. The van der Waals surface area contributed by atoms with Crippen LogP contribution in [0.1, 0.15) is 11.3 Å². The summed E-state index contributed by atoms with van der Waals surface area (Å²) in [5.41, 5.74) is 0.633. The standard InChI is InChI=1S/C12H9FN4OS2/c1-7-10(18)17-11(15-14-7)20-12(16-17)19-6-8-4-2-3-5-9(8)13/h2-5H,6H2,1H3. The Morgan fingerprint density at radius 1 is 1.35 bits per heavy atom. The van der Waals surface area contributed by atoms with Gasteiger partial charge in [-0.3, -0.25) is 4.79 Å². The molecule has 0 saturated heterocycles. The molecule has 2 heterocycles. The first-order valence-electron chi connectivity index (χ1n) is 5.74. The fourth-order valence-electron chi connectivity index (χ4n) is 1.59. The molecule has 0 amide bonds. The number of nitrogens with zero attached hydrogens (tertiary/aromatic N) is 4. The average Bonchev–Trinajstić information content (AvgIpc) is 2.86. The maximum absolute atomic E-state index is 13.5. The minimum Gasteiger partial charge on any atom is -0.265 e. The lowest BCUT2D eigenvalue weighted by molar-refractivity contribution is 0.617. The molecule has 0 saturated carbocycles. The van der Waals surface area contributed by atoms with Crippen LogP contribution in [0.5, 0.6) is 0 Å². The first kappa shape index (κ1) is 13.2. The molecule has 0 atom stereocenters. The molecule has 0 bridgehead atoms. The quantitative estimate of drug-likeness (QED) is 0.695. The number of aromatic nitrogens is 4. The highest BCUT2D eigenvalue weighted by atomic mass is 32.2. The molecule has 0 radical (unpaired) electrons. The van der Waals surface area contributed by atoms with Gasteiger partial charge in [-0.25, -0.2) is 4.39 Å². The van der Waals surface area contributed by atoms with E-state index in [4.69, 9.17) is 0 Å². The highest BCUT2D eigenvalue weighted by molar-refractivity contribution is 8.00. The van der Waals surface area contributed by atoms with Crippen LogP contribution in [0.25, 0.3) is 4.96 Å². The Kier molecular flexibility index (Phi) is 3.49. The van der Waals surface area contributed by atoms with Gasteiger partial charge in [0.1, 0.15) is 11.5 Å². The zero-order chi connectivity index (χ0) is 14.1. The molecule has 0 aliphatic heterocycles. The van der Waals surface area contributed by atoms with Gasteiger partial charge in [-0.1, -0.05) is 41.3 Å². The Labute approximate surface area is 121 Å². The molecule has 1 aromatic carbocycles. The van der Waals surface area contributed by atoms with E-state index in [1.54, 1.807) is 25.1 Å². The molecule has 8 heteroatoms. The van der Waals surface area contributed by atoms with Crippen molar-refractivity contribution in [2.75, 3.05) is 0 Å². The summed E-state index contributed by atoms with van der Waals surface area (Å²) in [6.07, 6.45) is 0. The Bertz CT molecular complexity index is 830. The van der Waals surface area contributed by atoms with Crippen molar-refractivity contribution in [2.45, 2.75) is 17.0 Å². The molecular formula is C12H9FN4OS2. The van der Waals surface area contributed by atoms with Crippen LogP contribution < -0.4 is 5.56 Å². The van der Waals surface area contributed by atoms with E-state index in [1.807, 2.05) is 0 Å². The maximum Gasteiger partial charge on any atom is 0.296 e. The second-order valence-electron chi connectivity index (χ2n) is 4.03. The normalized spacial score (nSPS) is 11.1. The van der Waals surface area contributed by atoms with Gasteiger partial charge in [0.2, 0.25) is 4.96 Å². The first-order valence-corrected chi connectivity index (χ1v) is 7.55. The molecule has 0 fully saturated rings. The lowest BCUT2D eigenvalue weighted by Gasteiger charge is -1.99. The Morgan fingerprint density at radius 2 is 2.15 bits per heavy atom. The summed E-state index contributed by atoms with van der Waals surface area (Å²) in [4.78, 5) is 12.2. The Morgan fingerprint density at radius 3 is 2.95 bits per heavy atom. The largest absolute Gasteiger partial charge is 0.296 e. The summed E-state index contributed by atoms with van der Waals surface area (Å²) < 4.78 is 15.4. The van der Waals surface area contributed by atoms with Crippen LogP contribution in [0.2, 0.25) is 0 Å². The maximum atomic E-state index is 13.5. The number of hydrogen-bond acceptors (Lipinski definition) is 6. The SMILES string of the molecule is Cc1nnc2sc(SCc3ccccc3F)nn2c1=O. The Balaban J connectivity index is 1.87. The van der Waals surface area contributed by atoms with Crippen LogP contribution in [-0.4, -0.2) is 19.8 Å². The summed E-state index contributed by atoms with van der Waals surface area (Å²) in [6.45, 7) is 1.59. The third-order valence-electron chi connectivity index (χ3n) is 2.64. The molecule has 3 aromatic rings. The van der Waals surface area contributed by atoms with Gasteiger partial charge in [-0.2, -0.15) is 4.52 Å². The first-order chi connectivity index (χ1) is 9.65. The van der Waals surface area contributed by atoms with E-state index in [0.29, 0.717) is 26.3 Å². The van der Waals surface area contributed by atoms with Gasteiger partial charge in [0, 0.05) is 5.75 Å². The molecule has 0 spiro atoms. The van der Waals surface area contributed by atoms with Crippen molar-refractivity contribution in [1.82, 2.24) is 19.8 Å². The van der Waals surface area contributed by atoms with E-state index < -0.39 is 0 Å². The van der Waals surface area contributed by atoms with Crippen LogP contribution in [-0.2, 0) is 5.75 Å². The lowest BCUT2D eigenvalue weighted by atomic mass is 10.2. The average molecular weight is 308 g/mol. The number of aryl methyl sites for hydroxylation is 1. The number of hydrogen-bond donors (Lipinski definition) is 0. The van der Waals surface area contributed by atoms with Crippen molar-refractivity contribution in [3.05, 3.63) is 51.7 Å². The number of benzene rings is 1. The molecule has 2 aromatic heterocycles. The van der Waals surface area contributed by atoms with Crippen molar-refractivity contribution >= 4 is 28.1 Å². The Hall–Kier alpha value is -1.80. The number of thioether (sulfide) groups is 1. The minimum absolute atomic E-state index is 0.242. The molecule has 20 heavy (non-hydrogen) atoms. The van der Waals surface area contributed by atoms with E-state index in [2.05, 4.69) is 15.3 Å². The number of rotatable bonds is 3. The summed E-state index contributed by atoms with van der Waals surface area (Å²) >= 11 is 2.63. The van der Waals surface area contributed by atoms with Crippen LogP contribution in [0.15, 0.2) is 33.4 Å². The zero-order valence-corrected chi connectivity index (χ0v) is 12.0. The van der Waals surface area contributed by atoms with Crippen LogP contribution in [0.4, 0.5) is 4.39 Å². The summed E-state index contributed by atoms with van der Waals surface area (Å²) in [7, 11) is 0. The highest BCUT2D eigenvalue weighted by Crippen LogP contribution is 2.27. The number of fused-ring (bicyclic) bond motifs is 1. The highest BCUT2D eigenvalue weighted by Gasteiger charge is 2.10. The van der Waals surface area contributed by atoms with E-state index >= 15 is 0 Å². The van der Waals surface area contributed by atoms with Crippen LogP contribution >= 0.6 is 23.1 Å². The summed E-state index contributed by atoms with van der Waals surface area (Å²) in [5, 5.41) is 11.9. The van der Waals surface area contributed by atoms with E-state index in [9.17, 15) is 9.18 Å². The predicted molar refractivity (Wildman–Crippen MR) is 75.6 cm³/mol. The van der Waals surface area contributed by atoms with Gasteiger partial charge < -0.3 is 0 Å². The smallest absolute Gasteiger partial charge is 0.265 e. The minimum atomic E-state index is -0.274. The van der Waals surface area contributed by atoms with Gasteiger partial charge in [-0.05, 0) is 18.6 Å². The second-order valence-corrected chi connectivity index (χ2v) is 6.21. The molecule has 0 N–H and O–H groups in total. The predicted octanol–water partition coefficient (Wildman–Crippen LogP) is 2.29. The summed E-state index contributed by atoms with van der Waals surface area (Å²) in [6, 6.07) is 6.59. The molecule has 0 aliphatic rings. The lowest BCUT2D eigenvalue weighted by Crippen LogP contribution is -2.19. The van der Waals surface area contributed by atoms with Gasteiger partial charge >= 0.3 is 0 Å². The molecule has 3 rings (SSSR count). The van der Waals surface area contributed by atoms with Crippen molar-refractivity contribution in [2.24, 2.45) is 0 Å². The third kappa shape index (κ3) is 2.44. The molecular weight excluding hydrogens is 299 g/mol. The van der Waals surface area contributed by atoms with E-state index in [1.165, 1.54) is 33.7 Å². The molecule has 0 aliphatic carbocycles. The fraction of sp³-hybridized carbons (Fsp3) is 0.167. The van der Waals surface area contributed by atoms with Crippen LogP contribution in [0.3, 0.4) is 0 Å². The van der Waals surface area contributed by atoms with Crippen molar-refractivity contribution in [3.63, 3.8) is 0 Å². The van der Waals surface area contributed by atoms with Gasteiger partial charge in [0.05, 0.1) is 0 Å². The van der Waals surface area contributed by atoms with E-state index in [0.717, 1.165) is 0 Å². The van der Waals surface area contributed by atoms with Crippen molar-refractivity contribution in [3.8, 4) is 0 Å². The monoisotopic (exact) mass is 308 g/mol. The molecule has 5 nitrogen and oxygen atoms in total. The third-order valence-corrected chi connectivity index (χ3v) is 4.72. The second kappa shape index (κ2) is 5.29. The van der Waals surface area contributed by atoms with Crippen molar-refractivity contribution in [1.29, 1.82) is 0 Å². The van der Waals surface area contributed by atoms with E-state index in [-0.39, 0.29) is 11.4 Å². The topological polar surface area (TPSA) is 60.1 Å². The van der Waals surface area contributed by atoms with Gasteiger partial charge in [-0.15, -0.1) is 15.3 Å². The fourth-order valence-corrected chi connectivity index (χ4v) is 3.45. The van der Waals surface area contributed by atoms with Crippen molar-refractivity contribution < 1.29 is 4.39 Å². The molecule has 0 unspecified atom stereocenters. The van der Waals surface area contributed by atoms with Crippen LogP contribution in [0, 0.1) is 12.7 Å². The molecule has 102 valence electrons. The van der Waals surface area contributed by atoms with Gasteiger partial charge in [0.25, 0.3) is 5.56 Å². The zero-order valence-electron chi connectivity index (χ0n) is 10.4.